The third kappa shape index (κ3) is 4.55. The second-order valence-corrected chi connectivity index (χ2v) is 7.17. The van der Waals surface area contributed by atoms with Gasteiger partial charge < -0.3 is 10.2 Å². The Bertz CT molecular complexity index is 1380. The van der Waals surface area contributed by atoms with E-state index in [4.69, 9.17) is 0 Å². The molecule has 0 heterocycles. The van der Waals surface area contributed by atoms with Crippen molar-refractivity contribution in [3.63, 3.8) is 0 Å². The molecule has 0 aromatic heterocycles. The van der Waals surface area contributed by atoms with Gasteiger partial charge in [-0.05, 0) is 24.3 Å². The van der Waals surface area contributed by atoms with E-state index in [2.05, 4.69) is 9.98 Å². The van der Waals surface area contributed by atoms with Crippen LogP contribution in [0.5, 0.6) is 11.5 Å². The summed E-state index contributed by atoms with van der Waals surface area (Å²) < 4.78 is 0. The Labute approximate surface area is 192 Å². The van der Waals surface area contributed by atoms with Crippen LogP contribution in [0, 0.1) is 20.2 Å². The van der Waals surface area contributed by atoms with E-state index in [-0.39, 0.29) is 34.0 Å². The molecule has 34 heavy (non-hydrogen) atoms. The molecular weight excluding hydrogens is 440 g/mol. The van der Waals surface area contributed by atoms with Gasteiger partial charge in [0.25, 0.3) is 11.4 Å². The third-order valence-corrected chi connectivity index (χ3v) is 5.01. The molecule has 0 atom stereocenters. The number of non-ortho nitro benzene ring substituents is 2. The number of phenols is 2. The Kier molecular flexibility index (Phi) is 5.95. The second-order valence-electron chi connectivity index (χ2n) is 7.17. The van der Waals surface area contributed by atoms with Gasteiger partial charge in [0, 0.05) is 58.6 Å². The van der Waals surface area contributed by atoms with Gasteiger partial charge in [-0.1, -0.05) is 24.3 Å². The van der Waals surface area contributed by atoms with E-state index < -0.39 is 9.85 Å². The van der Waals surface area contributed by atoms with Crippen molar-refractivity contribution < 1.29 is 20.1 Å². The third-order valence-electron chi connectivity index (χ3n) is 5.01. The van der Waals surface area contributed by atoms with Crippen LogP contribution in [0.25, 0.3) is 10.8 Å². The molecule has 0 radical (unpaired) electrons. The zero-order valence-corrected chi connectivity index (χ0v) is 17.4. The fourth-order valence-corrected chi connectivity index (χ4v) is 3.30. The summed E-state index contributed by atoms with van der Waals surface area (Å²) in [7, 11) is 0. The van der Waals surface area contributed by atoms with Crippen molar-refractivity contribution in [2.45, 2.75) is 0 Å². The van der Waals surface area contributed by atoms with Gasteiger partial charge in [0.05, 0.1) is 21.2 Å². The minimum absolute atomic E-state index is 0.142. The van der Waals surface area contributed by atoms with Gasteiger partial charge in [-0.3, -0.25) is 30.2 Å². The van der Waals surface area contributed by atoms with E-state index in [0.717, 1.165) is 10.8 Å². The minimum Gasteiger partial charge on any atom is -0.507 e. The highest BCUT2D eigenvalue weighted by Gasteiger charge is 2.11. The summed E-state index contributed by atoms with van der Waals surface area (Å²) in [5.41, 5.74) is 1.14. The molecule has 0 aliphatic carbocycles. The average molecular weight is 456 g/mol. The lowest BCUT2D eigenvalue weighted by atomic mass is 10.1. The molecule has 0 amide bonds. The maximum atomic E-state index is 11.0. The molecule has 4 aromatic rings. The van der Waals surface area contributed by atoms with E-state index in [0.29, 0.717) is 11.4 Å². The van der Waals surface area contributed by atoms with E-state index in [9.17, 15) is 30.4 Å². The van der Waals surface area contributed by atoms with Crippen LogP contribution in [-0.2, 0) is 0 Å². The number of hydrogen-bond donors (Lipinski definition) is 2. The quantitative estimate of drug-likeness (QED) is 0.220. The highest BCUT2D eigenvalue weighted by molar-refractivity contribution is 6.02. The van der Waals surface area contributed by atoms with Crippen molar-refractivity contribution in [1.82, 2.24) is 0 Å². The van der Waals surface area contributed by atoms with Crippen LogP contribution in [0.2, 0.25) is 0 Å². The maximum absolute atomic E-state index is 11.0. The molecule has 0 fully saturated rings. The number of aliphatic imine (C=N–C) groups is 2. The summed E-state index contributed by atoms with van der Waals surface area (Å²) in [5.74, 6) is -0.284. The standard InChI is InChI=1S/C24H16N4O6/c29-23-9-7-17(27(31)32)11-15(23)13-25-21-5-1-3-19-20(21)4-2-6-22(19)26-14-16-12-18(28(33)34)8-10-24(16)30/h1-14,29-30H. The molecule has 0 aliphatic heterocycles. The average Bonchev–Trinajstić information content (AvgIpc) is 2.82. The van der Waals surface area contributed by atoms with Crippen LogP contribution < -0.4 is 0 Å². The smallest absolute Gasteiger partial charge is 0.270 e. The minimum atomic E-state index is -0.557. The van der Waals surface area contributed by atoms with Crippen molar-refractivity contribution in [3.05, 3.63) is 104 Å². The predicted octanol–water partition coefficient (Wildman–Crippen LogP) is 5.57. The lowest BCUT2D eigenvalue weighted by molar-refractivity contribution is -0.385. The van der Waals surface area contributed by atoms with E-state index in [1.54, 1.807) is 24.3 Å². The van der Waals surface area contributed by atoms with Crippen molar-refractivity contribution in [2.75, 3.05) is 0 Å². The van der Waals surface area contributed by atoms with Crippen molar-refractivity contribution in [2.24, 2.45) is 9.98 Å². The number of benzene rings is 4. The Morgan fingerprint density at radius 3 is 1.44 bits per heavy atom. The molecule has 0 aliphatic rings. The number of fused-ring (bicyclic) bond motifs is 1. The molecule has 10 nitrogen and oxygen atoms in total. The Hall–Kier alpha value is -5.12. The summed E-state index contributed by atoms with van der Waals surface area (Å²) in [4.78, 5) is 29.7. The first-order valence-corrected chi connectivity index (χ1v) is 9.88. The molecule has 0 unspecified atom stereocenters. The molecule has 0 saturated heterocycles. The highest BCUT2D eigenvalue weighted by atomic mass is 16.6. The maximum Gasteiger partial charge on any atom is 0.270 e. The van der Waals surface area contributed by atoms with Gasteiger partial charge in [0.2, 0.25) is 0 Å². The van der Waals surface area contributed by atoms with Crippen LogP contribution >= 0.6 is 0 Å². The van der Waals surface area contributed by atoms with E-state index in [1.165, 1.54) is 48.8 Å². The topological polar surface area (TPSA) is 151 Å². The number of nitro groups is 2. The van der Waals surface area contributed by atoms with Gasteiger partial charge in [-0.25, -0.2) is 0 Å². The number of hydrogen-bond acceptors (Lipinski definition) is 8. The molecule has 4 rings (SSSR count). The fraction of sp³-hybridized carbons (Fsp3) is 0. The van der Waals surface area contributed by atoms with Crippen LogP contribution in [0.4, 0.5) is 22.7 Å². The van der Waals surface area contributed by atoms with Crippen LogP contribution in [-0.4, -0.2) is 32.5 Å². The van der Waals surface area contributed by atoms with Crippen molar-refractivity contribution >= 4 is 46.0 Å². The molecule has 0 bridgehead atoms. The SMILES string of the molecule is O=[N+]([O-])c1ccc(O)c(C=Nc2cccc3c(N=Cc4cc([N+](=O)[O-])ccc4O)cccc23)c1. The molecule has 0 saturated carbocycles. The van der Waals surface area contributed by atoms with Crippen molar-refractivity contribution in [3.8, 4) is 11.5 Å². The summed E-state index contributed by atoms with van der Waals surface area (Å²) in [6.45, 7) is 0. The number of nitrogens with zero attached hydrogens (tertiary/aromatic N) is 4. The van der Waals surface area contributed by atoms with Gasteiger partial charge in [0.15, 0.2) is 0 Å². The first-order chi connectivity index (χ1) is 16.3. The fourth-order valence-electron chi connectivity index (χ4n) is 3.30. The molecule has 2 N–H and O–H groups in total. The van der Waals surface area contributed by atoms with Gasteiger partial charge in [-0.2, -0.15) is 0 Å². The van der Waals surface area contributed by atoms with Crippen LogP contribution in [0.1, 0.15) is 11.1 Å². The molecule has 168 valence electrons. The molecule has 0 spiro atoms. The zero-order valence-electron chi connectivity index (χ0n) is 17.4. The van der Waals surface area contributed by atoms with E-state index in [1.807, 2.05) is 12.1 Å². The van der Waals surface area contributed by atoms with Crippen molar-refractivity contribution in [1.29, 1.82) is 0 Å². The first kappa shape index (κ1) is 22.1. The summed E-state index contributed by atoms with van der Waals surface area (Å²) in [6.07, 6.45) is 2.68. The van der Waals surface area contributed by atoms with Crippen LogP contribution in [0.15, 0.2) is 82.8 Å². The monoisotopic (exact) mass is 456 g/mol. The van der Waals surface area contributed by atoms with E-state index >= 15 is 0 Å². The number of nitro benzene ring substituents is 2. The lowest BCUT2D eigenvalue weighted by Gasteiger charge is -2.06. The molecular formula is C24H16N4O6. The highest BCUT2D eigenvalue weighted by Crippen LogP contribution is 2.33. The number of aromatic hydroxyl groups is 2. The largest absolute Gasteiger partial charge is 0.507 e. The Balaban J connectivity index is 1.71. The second kappa shape index (κ2) is 9.17. The summed E-state index contributed by atoms with van der Waals surface area (Å²) in [6, 6.07) is 18.0. The number of phenolic OH excluding ortho intramolecular Hbond substituents is 2. The van der Waals surface area contributed by atoms with Gasteiger partial charge in [-0.15, -0.1) is 0 Å². The zero-order chi connectivity index (χ0) is 24.2. The summed E-state index contributed by atoms with van der Waals surface area (Å²) in [5, 5.41) is 43.5. The molecule has 10 heteroatoms. The molecule has 4 aromatic carbocycles. The number of rotatable bonds is 6. The first-order valence-electron chi connectivity index (χ1n) is 9.88. The lowest BCUT2D eigenvalue weighted by Crippen LogP contribution is -1.90. The predicted molar refractivity (Wildman–Crippen MR) is 128 cm³/mol. The van der Waals surface area contributed by atoms with Gasteiger partial charge in [0.1, 0.15) is 11.5 Å². The van der Waals surface area contributed by atoms with Gasteiger partial charge >= 0.3 is 0 Å². The Morgan fingerprint density at radius 1 is 0.647 bits per heavy atom. The normalized spacial score (nSPS) is 11.4. The Morgan fingerprint density at radius 2 is 1.06 bits per heavy atom. The summed E-state index contributed by atoms with van der Waals surface area (Å²) >= 11 is 0. The van der Waals surface area contributed by atoms with Crippen LogP contribution in [0.3, 0.4) is 0 Å².